The molecule has 0 saturated carbocycles. The van der Waals surface area contributed by atoms with E-state index in [4.69, 9.17) is 28.8 Å². The van der Waals surface area contributed by atoms with Crippen molar-refractivity contribution >= 4 is 109 Å². The van der Waals surface area contributed by atoms with E-state index in [0.29, 0.717) is 11.6 Å². The van der Waals surface area contributed by atoms with Gasteiger partial charge in [-0.1, -0.05) is 376 Å². The van der Waals surface area contributed by atoms with E-state index in [0.717, 1.165) is 145 Å². The maximum absolute atomic E-state index is 6.17. The van der Waals surface area contributed by atoms with Crippen LogP contribution in [0, 0.1) is 0 Å². The molecule has 0 fully saturated rings. The van der Waals surface area contributed by atoms with Crippen molar-refractivity contribution in [2.45, 2.75) is 0 Å². The van der Waals surface area contributed by atoms with Gasteiger partial charge in [-0.25, -0.2) is 19.9 Å². The molecule has 20 aromatic carbocycles. The van der Waals surface area contributed by atoms with Gasteiger partial charge in [0.15, 0.2) is 11.6 Å². The number of para-hydroxylation sites is 2. The molecule has 4 heterocycles. The molecule has 122 heavy (non-hydrogen) atoms. The van der Waals surface area contributed by atoms with Crippen molar-refractivity contribution in [3.05, 3.63) is 437 Å². The second kappa shape index (κ2) is 30.0. The second-order valence-corrected chi connectivity index (χ2v) is 31.4. The third-order valence-electron chi connectivity index (χ3n) is 24.3. The van der Waals surface area contributed by atoms with Crippen LogP contribution < -0.4 is 0 Å². The molecule has 0 aliphatic heterocycles. The lowest BCUT2D eigenvalue weighted by atomic mass is 9.92. The molecule has 0 aliphatic rings. The van der Waals surface area contributed by atoms with Crippen molar-refractivity contribution in [1.29, 1.82) is 0 Å². The highest BCUT2D eigenvalue weighted by atomic mass is 16.3. The number of benzene rings is 20. The first-order chi connectivity index (χ1) is 60.4. The Balaban J connectivity index is 0.000000142. The molecule has 6 nitrogen and oxygen atoms in total. The van der Waals surface area contributed by atoms with Crippen molar-refractivity contribution < 1.29 is 8.83 Å². The van der Waals surface area contributed by atoms with E-state index in [1.807, 2.05) is 36.4 Å². The molecule has 0 aliphatic carbocycles. The molecule has 0 amide bonds. The third kappa shape index (κ3) is 13.0. The van der Waals surface area contributed by atoms with Gasteiger partial charge in [-0.3, -0.25) is 0 Å². The van der Waals surface area contributed by atoms with Gasteiger partial charge in [0, 0.05) is 54.9 Å². The van der Waals surface area contributed by atoms with Gasteiger partial charge < -0.3 is 8.83 Å². The van der Waals surface area contributed by atoms with Crippen LogP contribution >= 0.6 is 0 Å². The number of rotatable bonds is 12. The highest BCUT2D eigenvalue weighted by Gasteiger charge is 2.19. The van der Waals surface area contributed by atoms with Crippen molar-refractivity contribution in [1.82, 2.24) is 19.9 Å². The Hall–Kier alpha value is -16.3. The Morgan fingerprint density at radius 3 is 0.672 bits per heavy atom. The SMILES string of the molecule is c1ccc(-c2cc(-c3ccc(-c4ccc(-c5ccc6c(c5)oc5ccccc56)cc4)cc3)nc(-c3ccc(-c4ccc5c6ccccc6c6ccccc6c5c4)cc3)n2)cc1.c1ccc(-c2cc(-c3ccc(-c4ccc(-c5ccc6oc7ccccc7c6c5)cc4)cc3)nc(-c3ccc(-c4ccc5c6ccccc6c6ccccc6c5c4)cc3)n2)cc1. The molecule has 0 radical (unpaired) electrons. The Bertz CT molecular complexity index is 8110. The molecule has 0 saturated heterocycles. The maximum atomic E-state index is 6.17. The summed E-state index contributed by atoms with van der Waals surface area (Å²) in [5, 5.41) is 19.9. The van der Waals surface area contributed by atoms with E-state index in [-0.39, 0.29) is 0 Å². The van der Waals surface area contributed by atoms with E-state index in [1.165, 1.54) is 86.9 Å². The van der Waals surface area contributed by atoms with Crippen LogP contribution in [0.25, 0.3) is 243 Å². The minimum Gasteiger partial charge on any atom is -0.456 e. The minimum atomic E-state index is 0.694. The molecule has 0 unspecified atom stereocenters. The summed E-state index contributed by atoms with van der Waals surface area (Å²) in [6, 6.07) is 155. The number of furan rings is 2. The highest BCUT2D eigenvalue weighted by molar-refractivity contribution is 6.27. The summed E-state index contributed by atoms with van der Waals surface area (Å²) in [6.45, 7) is 0. The van der Waals surface area contributed by atoms with E-state index in [1.54, 1.807) is 0 Å². The van der Waals surface area contributed by atoms with Crippen LogP contribution in [0.2, 0.25) is 0 Å². The van der Waals surface area contributed by atoms with Crippen LogP contribution in [0.4, 0.5) is 0 Å². The number of nitrogens with zero attached hydrogens (tertiary/aromatic N) is 4. The predicted octanol–water partition coefficient (Wildman–Crippen LogP) is 31.7. The van der Waals surface area contributed by atoms with Crippen molar-refractivity contribution in [3.8, 4) is 135 Å². The Kier molecular flexibility index (Phi) is 17.5. The maximum Gasteiger partial charge on any atom is 0.160 e. The third-order valence-corrected chi connectivity index (χ3v) is 24.3. The largest absolute Gasteiger partial charge is 0.456 e. The zero-order chi connectivity index (χ0) is 80.6. The average molecular weight is 1550 g/mol. The summed E-state index contributed by atoms with van der Waals surface area (Å²) in [5.74, 6) is 1.39. The van der Waals surface area contributed by atoms with Crippen LogP contribution in [0.1, 0.15) is 0 Å². The summed E-state index contributed by atoms with van der Waals surface area (Å²) in [6.07, 6.45) is 0. The Labute approximate surface area is 703 Å². The van der Waals surface area contributed by atoms with Gasteiger partial charge >= 0.3 is 0 Å². The van der Waals surface area contributed by atoms with Gasteiger partial charge in [0.05, 0.1) is 22.8 Å². The normalized spacial score (nSPS) is 11.6. The van der Waals surface area contributed by atoms with E-state index >= 15 is 0 Å². The lowest BCUT2D eigenvalue weighted by Crippen LogP contribution is -1.96. The summed E-state index contributed by atoms with van der Waals surface area (Å²) in [7, 11) is 0. The molecule has 568 valence electrons. The Morgan fingerprint density at radius 2 is 0.320 bits per heavy atom. The van der Waals surface area contributed by atoms with Crippen LogP contribution in [-0.4, -0.2) is 19.9 Å². The summed E-state index contributed by atoms with van der Waals surface area (Å²) >= 11 is 0. The predicted molar refractivity (Wildman–Crippen MR) is 509 cm³/mol. The van der Waals surface area contributed by atoms with Gasteiger partial charge in [-0.2, -0.15) is 0 Å². The fourth-order valence-electron chi connectivity index (χ4n) is 17.9. The van der Waals surface area contributed by atoms with Crippen LogP contribution in [0.15, 0.2) is 446 Å². The first-order valence-corrected chi connectivity index (χ1v) is 41.4. The van der Waals surface area contributed by atoms with Gasteiger partial charge in [-0.05, 0) is 192 Å². The monoisotopic (exact) mass is 1550 g/mol. The van der Waals surface area contributed by atoms with Crippen LogP contribution in [0.3, 0.4) is 0 Å². The standard InChI is InChI=1S/2C58H36N2O/c1-2-10-41(11-3-1)54-36-55(42-26-22-38(23-27-42)37-18-20-40(21-19-37)45-31-33-52-51-16-8-9-17-56(51)61-57(52)35-45)60-58(59-54)43-28-24-39(25-29-43)44-30-32-50-48-14-5-4-12-46(48)47-13-6-7-15-49(47)53(50)34-44;1-2-10-41(11-3-1)54-36-55(42-26-22-38(23-27-42)37-18-20-39(21-19-37)45-31-33-57-53(35-45)51-16-8-9-17-56(51)61-57)60-58(59-54)43-28-24-40(25-29-43)44-30-32-50-48-14-5-4-12-46(48)47-13-6-7-15-49(47)52(50)34-44/h2*1-36H. The zero-order valence-electron chi connectivity index (χ0n) is 66.2. The second-order valence-electron chi connectivity index (χ2n) is 31.4. The molecule has 0 bridgehead atoms. The van der Waals surface area contributed by atoms with Crippen molar-refractivity contribution in [2.24, 2.45) is 0 Å². The van der Waals surface area contributed by atoms with Gasteiger partial charge in [-0.15, -0.1) is 0 Å². The molecule has 0 N–H and O–H groups in total. The van der Waals surface area contributed by atoms with Crippen LogP contribution in [-0.2, 0) is 0 Å². The van der Waals surface area contributed by atoms with Gasteiger partial charge in [0.1, 0.15) is 22.3 Å². The molecule has 6 heteroatoms. The van der Waals surface area contributed by atoms with Crippen LogP contribution in [0.5, 0.6) is 0 Å². The van der Waals surface area contributed by atoms with E-state index in [2.05, 4.69) is 400 Å². The summed E-state index contributed by atoms with van der Waals surface area (Å²) in [4.78, 5) is 20.6. The van der Waals surface area contributed by atoms with Crippen molar-refractivity contribution in [3.63, 3.8) is 0 Å². The number of hydrogen-bond donors (Lipinski definition) is 0. The van der Waals surface area contributed by atoms with Gasteiger partial charge in [0.2, 0.25) is 0 Å². The molecular formula is C116H72N4O2. The van der Waals surface area contributed by atoms with E-state index < -0.39 is 0 Å². The topological polar surface area (TPSA) is 77.8 Å². The number of fused-ring (bicyclic) bond motifs is 18. The lowest BCUT2D eigenvalue weighted by Gasteiger charge is -2.13. The summed E-state index contributed by atoms with van der Waals surface area (Å²) in [5.41, 5.74) is 27.2. The molecular weight excluding hydrogens is 1480 g/mol. The minimum absolute atomic E-state index is 0.694. The first kappa shape index (κ1) is 71.1. The van der Waals surface area contributed by atoms with Gasteiger partial charge in [0.25, 0.3) is 0 Å². The Morgan fingerprint density at radius 1 is 0.115 bits per heavy atom. The smallest absolute Gasteiger partial charge is 0.160 e. The fraction of sp³-hybridized carbons (Fsp3) is 0. The molecule has 24 rings (SSSR count). The zero-order valence-corrected chi connectivity index (χ0v) is 66.2. The molecule has 0 spiro atoms. The lowest BCUT2D eigenvalue weighted by molar-refractivity contribution is 0.668. The first-order valence-electron chi connectivity index (χ1n) is 41.4. The fourth-order valence-corrected chi connectivity index (χ4v) is 17.9. The molecule has 24 aromatic rings. The van der Waals surface area contributed by atoms with E-state index in [9.17, 15) is 0 Å². The number of hydrogen-bond acceptors (Lipinski definition) is 6. The number of aromatic nitrogens is 4. The highest BCUT2D eigenvalue weighted by Crippen LogP contribution is 2.43. The average Bonchev–Trinajstić information content (AvgIpc) is 0.760. The molecule has 0 atom stereocenters. The quantitative estimate of drug-likeness (QED) is 0.113. The molecule has 4 aromatic heterocycles. The summed E-state index contributed by atoms with van der Waals surface area (Å²) < 4.78 is 12.2. The van der Waals surface area contributed by atoms with Crippen molar-refractivity contribution in [2.75, 3.05) is 0 Å².